The van der Waals surface area contributed by atoms with Gasteiger partial charge in [-0.25, -0.2) is 0 Å². The van der Waals surface area contributed by atoms with Gasteiger partial charge in [0, 0.05) is 11.9 Å². The molecule has 30 heavy (non-hydrogen) atoms. The van der Waals surface area contributed by atoms with Gasteiger partial charge in [-0.1, -0.05) is 34.0 Å². The Balaban J connectivity index is 1.68. The lowest BCUT2D eigenvalue weighted by Crippen LogP contribution is -2.62. The Hall–Kier alpha value is -0.610. The van der Waals surface area contributed by atoms with Crippen molar-refractivity contribution in [3.63, 3.8) is 0 Å². The summed E-state index contributed by atoms with van der Waals surface area (Å²) in [6.45, 7) is 4.27. The zero-order valence-corrected chi connectivity index (χ0v) is 18.9. The molecule has 3 N–H and O–H groups in total. The van der Waals surface area contributed by atoms with Crippen LogP contribution in [0.2, 0.25) is 0 Å². The van der Waals surface area contributed by atoms with Crippen LogP contribution in [0.15, 0.2) is 0 Å². The Morgan fingerprint density at radius 2 is 1.80 bits per heavy atom. The molecule has 4 nitrogen and oxygen atoms in total. The highest BCUT2D eigenvalue weighted by Crippen LogP contribution is 2.69. The SMILES string of the molecule is [2H]C([C@H]1C(O)C2C3CC[C@H]([C@H](C)CCC(=O)O)[C@@]3(C)CCC2[C@@]2(C)CC[C@@H](O)C[C@@H]12)C([2H])([2H])[2H]. The van der Waals surface area contributed by atoms with Crippen molar-refractivity contribution < 1.29 is 25.6 Å². The average molecular weight is 425 g/mol. The molecule has 5 unspecified atom stereocenters. The number of hydrogen-bond donors (Lipinski definition) is 3. The second-order valence-corrected chi connectivity index (χ2v) is 11.7. The van der Waals surface area contributed by atoms with E-state index in [0.29, 0.717) is 31.1 Å². The first-order valence-electron chi connectivity index (χ1n) is 14.3. The summed E-state index contributed by atoms with van der Waals surface area (Å²) in [6.07, 6.45) is 4.14. The lowest BCUT2D eigenvalue weighted by atomic mass is 9.41. The summed E-state index contributed by atoms with van der Waals surface area (Å²) in [5.41, 5.74) is -0.174. The van der Waals surface area contributed by atoms with Crippen molar-refractivity contribution in [2.75, 3.05) is 0 Å². The predicted molar refractivity (Wildman–Crippen MR) is 118 cm³/mol. The lowest BCUT2D eigenvalue weighted by molar-refractivity contribution is -0.203. The smallest absolute Gasteiger partial charge is 0.303 e. The average Bonchev–Trinajstić information content (AvgIpc) is 3.09. The van der Waals surface area contributed by atoms with Gasteiger partial charge >= 0.3 is 5.97 Å². The van der Waals surface area contributed by atoms with Gasteiger partial charge in [-0.05, 0) is 104 Å². The molecule has 0 aromatic carbocycles. The van der Waals surface area contributed by atoms with Gasteiger partial charge in [0.1, 0.15) is 0 Å². The van der Waals surface area contributed by atoms with Gasteiger partial charge in [-0.15, -0.1) is 0 Å². The third kappa shape index (κ3) is 3.36. The molecule has 4 rings (SSSR count). The zero-order chi connectivity index (χ0) is 25.2. The van der Waals surface area contributed by atoms with E-state index < -0.39 is 37.3 Å². The zero-order valence-electron chi connectivity index (χ0n) is 22.9. The molecular formula is C26H44O4. The van der Waals surface area contributed by atoms with Crippen molar-refractivity contribution in [1.29, 1.82) is 0 Å². The monoisotopic (exact) mass is 424 g/mol. The summed E-state index contributed by atoms with van der Waals surface area (Å²) in [6, 6.07) is 0. The van der Waals surface area contributed by atoms with Crippen LogP contribution < -0.4 is 0 Å². The van der Waals surface area contributed by atoms with Gasteiger partial charge in [0.15, 0.2) is 0 Å². The maximum atomic E-state index is 11.9. The molecular weight excluding hydrogens is 376 g/mol. The molecule has 0 aromatic heterocycles. The van der Waals surface area contributed by atoms with Crippen LogP contribution in [0.3, 0.4) is 0 Å². The van der Waals surface area contributed by atoms with E-state index in [4.69, 9.17) is 5.48 Å². The standard InChI is InChI=1S/C26H44O4/c1-5-17-21-14-16(27)10-12-26(21,4)20-11-13-25(3)18(15(2)6-9-22(28)29)7-8-19(25)23(20)24(17)30/h15-21,23-24,27,30H,5-14H2,1-4H3,(H,28,29)/t15-,16-,17-,18-,19?,20?,21+,23?,24?,25-,26-/m1/s1/i1D3,5D/t5?,15-,16-,17-,18-,19?,20?,21+,23?,24?,25-,26-. The summed E-state index contributed by atoms with van der Waals surface area (Å²) < 4.78 is 32.7. The van der Waals surface area contributed by atoms with E-state index in [2.05, 4.69) is 20.8 Å². The van der Waals surface area contributed by atoms with Gasteiger partial charge in [0.25, 0.3) is 0 Å². The molecule has 4 heteroatoms. The molecule has 0 aliphatic heterocycles. The van der Waals surface area contributed by atoms with E-state index in [-0.39, 0.29) is 40.9 Å². The summed E-state index contributed by atoms with van der Waals surface area (Å²) >= 11 is 0. The van der Waals surface area contributed by atoms with Crippen LogP contribution in [0.25, 0.3) is 0 Å². The Morgan fingerprint density at radius 1 is 1.10 bits per heavy atom. The number of aliphatic hydroxyl groups is 2. The van der Waals surface area contributed by atoms with Crippen LogP contribution in [-0.2, 0) is 4.79 Å². The maximum absolute atomic E-state index is 11.9. The fourth-order valence-electron chi connectivity index (χ4n) is 9.08. The third-order valence-electron chi connectivity index (χ3n) is 10.6. The van der Waals surface area contributed by atoms with E-state index in [1.54, 1.807) is 0 Å². The molecule has 4 aliphatic carbocycles. The first-order valence-corrected chi connectivity index (χ1v) is 12.2. The van der Waals surface area contributed by atoms with Crippen LogP contribution in [0.4, 0.5) is 0 Å². The molecule has 0 saturated heterocycles. The fourth-order valence-corrected chi connectivity index (χ4v) is 9.08. The Labute approximate surface area is 188 Å². The van der Waals surface area contributed by atoms with Gasteiger partial charge in [0.2, 0.25) is 0 Å². The largest absolute Gasteiger partial charge is 0.481 e. The normalized spacial score (nSPS) is 55.0. The second-order valence-electron chi connectivity index (χ2n) is 11.7. The highest BCUT2D eigenvalue weighted by Gasteiger charge is 2.64. The molecule has 12 atom stereocenters. The fraction of sp³-hybridized carbons (Fsp3) is 0.962. The number of fused-ring (bicyclic) bond motifs is 5. The minimum absolute atomic E-state index is 0.000496. The van der Waals surface area contributed by atoms with Crippen LogP contribution >= 0.6 is 0 Å². The van der Waals surface area contributed by atoms with Crippen molar-refractivity contribution in [2.24, 2.45) is 52.3 Å². The third-order valence-corrected chi connectivity index (χ3v) is 10.6. The number of aliphatic carboxylic acids is 1. The topological polar surface area (TPSA) is 77.8 Å². The number of carboxylic acids is 1. The van der Waals surface area contributed by atoms with Gasteiger partial charge in [-0.2, -0.15) is 0 Å². The summed E-state index contributed by atoms with van der Waals surface area (Å²) in [4.78, 5) is 11.2. The molecule has 4 saturated carbocycles. The van der Waals surface area contributed by atoms with E-state index in [9.17, 15) is 20.1 Å². The molecule has 0 radical (unpaired) electrons. The van der Waals surface area contributed by atoms with E-state index in [0.717, 1.165) is 32.1 Å². The van der Waals surface area contributed by atoms with E-state index >= 15 is 0 Å². The van der Waals surface area contributed by atoms with Crippen LogP contribution in [0, 0.1) is 52.3 Å². The van der Waals surface area contributed by atoms with Crippen molar-refractivity contribution in [1.82, 2.24) is 0 Å². The summed E-state index contributed by atoms with van der Waals surface area (Å²) in [5.74, 6) is -0.403. The Bertz CT molecular complexity index is 774. The highest BCUT2D eigenvalue weighted by atomic mass is 16.4. The first-order chi connectivity index (χ1) is 15.7. The highest BCUT2D eigenvalue weighted by molar-refractivity contribution is 5.66. The number of carbonyl (C=O) groups is 1. The minimum atomic E-state index is -2.47. The van der Waals surface area contributed by atoms with E-state index in [1.807, 2.05) is 0 Å². The molecule has 4 aliphatic rings. The number of aliphatic hydroxyl groups excluding tert-OH is 2. The Kier molecular flexibility index (Phi) is 4.81. The maximum Gasteiger partial charge on any atom is 0.303 e. The van der Waals surface area contributed by atoms with Crippen molar-refractivity contribution in [3.05, 3.63) is 0 Å². The quantitative estimate of drug-likeness (QED) is 0.573. The van der Waals surface area contributed by atoms with E-state index in [1.165, 1.54) is 0 Å². The molecule has 0 heterocycles. The van der Waals surface area contributed by atoms with Crippen molar-refractivity contribution in [3.8, 4) is 0 Å². The Morgan fingerprint density at radius 3 is 2.50 bits per heavy atom. The first kappa shape index (κ1) is 17.9. The van der Waals surface area contributed by atoms with Crippen LogP contribution in [0.5, 0.6) is 0 Å². The van der Waals surface area contributed by atoms with Gasteiger partial charge < -0.3 is 15.3 Å². The predicted octanol–water partition coefficient (Wildman–Crippen LogP) is 5.11. The van der Waals surface area contributed by atoms with Crippen molar-refractivity contribution in [2.45, 2.75) is 104 Å². The molecule has 172 valence electrons. The molecule has 0 bridgehead atoms. The molecule has 0 amide bonds. The lowest BCUT2D eigenvalue weighted by Gasteiger charge is -2.64. The van der Waals surface area contributed by atoms with Crippen LogP contribution in [-0.4, -0.2) is 33.5 Å². The number of rotatable bonds is 5. The molecule has 4 fully saturated rings. The van der Waals surface area contributed by atoms with Crippen LogP contribution in [0.1, 0.15) is 97.3 Å². The molecule has 0 aromatic rings. The number of carboxylic acid groups (broad SMARTS) is 1. The minimum Gasteiger partial charge on any atom is -0.481 e. The van der Waals surface area contributed by atoms with Gasteiger partial charge in [-0.3, -0.25) is 4.79 Å². The summed E-state index contributed by atoms with van der Waals surface area (Å²) in [7, 11) is 0. The number of hydrogen-bond acceptors (Lipinski definition) is 3. The summed E-state index contributed by atoms with van der Waals surface area (Å²) in [5, 5.41) is 31.5. The van der Waals surface area contributed by atoms with Crippen molar-refractivity contribution >= 4 is 5.97 Å². The molecule has 0 spiro atoms. The second kappa shape index (κ2) is 8.06. The van der Waals surface area contributed by atoms with Gasteiger partial charge in [0.05, 0.1) is 12.2 Å².